The average molecular weight is 272 g/mol. The molecule has 0 aromatic carbocycles. The lowest BCUT2D eigenvalue weighted by Gasteiger charge is -2.05. The molecule has 1 rings (SSSR count). The number of ether oxygens (including phenoxy) is 2. The van der Waals surface area contributed by atoms with E-state index < -0.39 is 5.97 Å². The molecule has 0 aliphatic heterocycles. The van der Waals surface area contributed by atoms with Gasteiger partial charge in [-0.05, 0) is 13.8 Å². The quantitative estimate of drug-likeness (QED) is 0.761. The Balaban J connectivity index is 2.45. The topological polar surface area (TPSA) is 77.5 Å². The van der Waals surface area contributed by atoms with Gasteiger partial charge in [0, 0.05) is 6.54 Å². The van der Waals surface area contributed by atoms with Gasteiger partial charge in [0.15, 0.2) is 5.69 Å². The molecule has 0 aliphatic carbocycles. The lowest BCUT2D eigenvalue weighted by Crippen LogP contribution is -2.13. The summed E-state index contributed by atoms with van der Waals surface area (Å²) >= 11 is 1.29. The first kappa shape index (κ1) is 14.4. The van der Waals surface area contributed by atoms with Gasteiger partial charge in [-0.3, -0.25) is 4.79 Å². The Labute approximate surface area is 109 Å². The standard InChI is InChI=1S/C11H16N2O4S/c1-3-16-8(14)5-6-12-10-9(13-7-18-10)11(15)17-4-2/h7,12H,3-6H2,1-2H3. The van der Waals surface area contributed by atoms with Crippen LogP contribution in [0.2, 0.25) is 0 Å². The number of rotatable bonds is 7. The molecule has 18 heavy (non-hydrogen) atoms. The van der Waals surface area contributed by atoms with Crippen LogP contribution in [0.5, 0.6) is 0 Å². The summed E-state index contributed by atoms with van der Waals surface area (Å²) in [6.45, 7) is 4.56. The number of hydrogen-bond acceptors (Lipinski definition) is 7. The Hall–Kier alpha value is -1.63. The largest absolute Gasteiger partial charge is 0.466 e. The van der Waals surface area contributed by atoms with Crippen molar-refractivity contribution in [3.8, 4) is 0 Å². The molecule has 0 atom stereocenters. The monoisotopic (exact) mass is 272 g/mol. The summed E-state index contributed by atoms with van der Waals surface area (Å²) in [5.74, 6) is -0.732. The van der Waals surface area contributed by atoms with E-state index in [0.29, 0.717) is 24.8 Å². The van der Waals surface area contributed by atoms with Gasteiger partial charge in [0.1, 0.15) is 5.00 Å². The molecule has 1 heterocycles. The van der Waals surface area contributed by atoms with Crippen molar-refractivity contribution < 1.29 is 19.1 Å². The number of aromatic nitrogens is 1. The van der Waals surface area contributed by atoms with Gasteiger partial charge in [-0.2, -0.15) is 0 Å². The normalized spacial score (nSPS) is 9.89. The first-order valence-electron chi connectivity index (χ1n) is 5.69. The number of carbonyl (C=O) groups excluding carboxylic acids is 2. The minimum atomic E-state index is -0.461. The third-order valence-electron chi connectivity index (χ3n) is 1.96. The van der Waals surface area contributed by atoms with E-state index in [-0.39, 0.29) is 18.1 Å². The Morgan fingerprint density at radius 1 is 1.33 bits per heavy atom. The number of carbonyl (C=O) groups is 2. The molecule has 100 valence electrons. The maximum absolute atomic E-state index is 11.5. The molecular weight excluding hydrogens is 256 g/mol. The Morgan fingerprint density at radius 3 is 2.72 bits per heavy atom. The van der Waals surface area contributed by atoms with Crippen molar-refractivity contribution in [3.63, 3.8) is 0 Å². The van der Waals surface area contributed by atoms with E-state index >= 15 is 0 Å². The summed E-state index contributed by atoms with van der Waals surface area (Å²) in [5, 5.41) is 3.59. The SMILES string of the molecule is CCOC(=O)CCNc1scnc1C(=O)OCC. The molecule has 0 amide bonds. The van der Waals surface area contributed by atoms with Crippen molar-refractivity contribution in [3.05, 3.63) is 11.2 Å². The fourth-order valence-corrected chi connectivity index (χ4v) is 1.92. The zero-order valence-corrected chi connectivity index (χ0v) is 11.2. The average Bonchev–Trinajstić information content (AvgIpc) is 2.78. The molecule has 0 bridgehead atoms. The minimum Gasteiger partial charge on any atom is -0.466 e. The molecule has 0 fully saturated rings. The van der Waals surface area contributed by atoms with Crippen LogP contribution >= 0.6 is 11.3 Å². The molecule has 0 unspecified atom stereocenters. The van der Waals surface area contributed by atoms with Gasteiger partial charge in [-0.15, -0.1) is 11.3 Å². The van der Waals surface area contributed by atoms with Crippen LogP contribution in [0.3, 0.4) is 0 Å². The third kappa shape index (κ3) is 4.33. The number of anilines is 1. The van der Waals surface area contributed by atoms with Crippen LogP contribution in [0, 0.1) is 0 Å². The van der Waals surface area contributed by atoms with Crippen LogP contribution in [0.15, 0.2) is 5.51 Å². The highest BCUT2D eigenvalue weighted by Gasteiger charge is 2.15. The molecular formula is C11H16N2O4S. The molecule has 6 nitrogen and oxygen atoms in total. The van der Waals surface area contributed by atoms with E-state index in [1.807, 2.05) is 0 Å². The summed E-state index contributed by atoms with van der Waals surface area (Å²) in [7, 11) is 0. The molecule has 1 aromatic heterocycles. The highest BCUT2D eigenvalue weighted by molar-refractivity contribution is 7.14. The van der Waals surface area contributed by atoms with Gasteiger partial charge in [0.2, 0.25) is 0 Å². The number of thiazole rings is 1. The second-order valence-corrected chi connectivity index (χ2v) is 4.09. The van der Waals surface area contributed by atoms with Crippen molar-refractivity contribution in [1.29, 1.82) is 0 Å². The van der Waals surface area contributed by atoms with Crippen LogP contribution in [0.1, 0.15) is 30.8 Å². The third-order valence-corrected chi connectivity index (χ3v) is 2.74. The Kier molecular flexibility index (Phi) is 6.13. The van der Waals surface area contributed by atoms with Gasteiger partial charge >= 0.3 is 11.9 Å². The molecule has 1 aromatic rings. The fraction of sp³-hybridized carbons (Fsp3) is 0.545. The predicted octanol–water partition coefficient (Wildman–Crippen LogP) is 1.68. The molecule has 0 aliphatic rings. The van der Waals surface area contributed by atoms with E-state index in [0.717, 1.165) is 0 Å². The van der Waals surface area contributed by atoms with Crippen molar-refractivity contribution in [2.24, 2.45) is 0 Å². The Bertz CT molecular complexity index is 406. The fourth-order valence-electron chi connectivity index (χ4n) is 1.23. The Morgan fingerprint density at radius 2 is 2.06 bits per heavy atom. The van der Waals surface area contributed by atoms with Gasteiger partial charge in [-0.1, -0.05) is 0 Å². The molecule has 0 saturated carbocycles. The molecule has 1 N–H and O–H groups in total. The van der Waals surface area contributed by atoms with Crippen LogP contribution in [-0.2, 0) is 14.3 Å². The number of nitrogens with zero attached hydrogens (tertiary/aromatic N) is 1. The lowest BCUT2D eigenvalue weighted by atomic mass is 10.4. The zero-order chi connectivity index (χ0) is 13.4. The molecule has 0 radical (unpaired) electrons. The van der Waals surface area contributed by atoms with Crippen LogP contribution in [0.4, 0.5) is 5.00 Å². The maximum Gasteiger partial charge on any atom is 0.360 e. The van der Waals surface area contributed by atoms with E-state index in [9.17, 15) is 9.59 Å². The second-order valence-electron chi connectivity index (χ2n) is 3.23. The molecule has 0 saturated heterocycles. The summed E-state index contributed by atoms with van der Waals surface area (Å²) < 4.78 is 9.66. The smallest absolute Gasteiger partial charge is 0.360 e. The summed E-state index contributed by atoms with van der Waals surface area (Å²) in [5.41, 5.74) is 1.81. The summed E-state index contributed by atoms with van der Waals surface area (Å²) in [6.07, 6.45) is 0.244. The zero-order valence-electron chi connectivity index (χ0n) is 10.4. The first-order chi connectivity index (χ1) is 8.69. The predicted molar refractivity (Wildman–Crippen MR) is 67.8 cm³/mol. The van der Waals surface area contributed by atoms with Crippen molar-refractivity contribution in [2.75, 3.05) is 25.1 Å². The van der Waals surface area contributed by atoms with Gasteiger partial charge in [0.25, 0.3) is 0 Å². The van der Waals surface area contributed by atoms with Crippen LogP contribution in [0.25, 0.3) is 0 Å². The van der Waals surface area contributed by atoms with Gasteiger partial charge in [-0.25, -0.2) is 9.78 Å². The van der Waals surface area contributed by atoms with Crippen molar-refractivity contribution in [2.45, 2.75) is 20.3 Å². The first-order valence-corrected chi connectivity index (χ1v) is 6.57. The molecule has 7 heteroatoms. The summed E-state index contributed by atoms with van der Waals surface area (Å²) in [6, 6.07) is 0. The highest BCUT2D eigenvalue weighted by Crippen LogP contribution is 2.20. The van der Waals surface area contributed by atoms with Crippen LogP contribution in [-0.4, -0.2) is 36.7 Å². The van der Waals surface area contributed by atoms with Gasteiger partial charge < -0.3 is 14.8 Å². The van der Waals surface area contributed by atoms with Crippen LogP contribution < -0.4 is 5.32 Å². The summed E-state index contributed by atoms with van der Waals surface area (Å²) in [4.78, 5) is 26.6. The second kappa shape index (κ2) is 7.65. The van der Waals surface area contributed by atoms with Crippen molar-refractivity contribution >= 4 is 28.3 Å². The van der Waals surface area contributed by atoms with E-state index in [4.69, 9.17) is 9.47 Å². The minimum absolute atomic E-state index is 0.244. The van der Waals surface area contributed by atoms with Gasteiger partial charge in [0.05, 0.1) is 25.1 Å². The maximum atomic E-state index is 11.5. The number of hydrogen-bond donors (Lipinski definition) is 1. The molecule has 0 spiro atoms. The van der Waals surface area contributed by atoms with Crippen molar-refractivity contribution in [1.82, 2.24) is 4.98 Å². The number of esters is 2. The van der Waals surface area contributed by atoms with E-state index in [1.165, 1.54) is 11.3 Å². The van der Waals surface area contributed by atoms with E-state index in [1.54, 1.807) is 19.4 Å². The highest BCUT2D eigenvalue weighted by atomic mass is 32.1. The van der Waals surface area contributed by atoms with E-state index in [2.05, 4.69) is 10.3 Å². The number of nitrogens with one attached hydrogen (secondary N) is 1. The lowest BCUT2D eigenvalue weighted by molar-refractivity contribution is -0.142.